The van der Waals surface area contributed by atoms with E-state index in [0.717, 1.165) is 0 Å². The van der Waals surface area contributed by atoms with Gasteiger partial charge in [-0.1, -0.05) is 12.2 Å². The Morgan fingerprint density at radius 3 is 2.81 bits per heavy atom. The third kappa shape index (κ3) is 3.63. The van der Waals surface area contributed by atoms with Gasteiger partial charge in [-0.2, -0.15) is 5.26 Å². The van der Waals surface area contributed by atoms with E-state index < -0.39 is 0 Å². The van der Waals surface area contributed by atoms with Crippen LogP contribution >= 0.6 is 0 Å². The summed E-state index contributed by atoms with van der Waals surface area (Å²) in [7, 11) is 0. The van der Waals surface area contributed by atoms with Gasteiger partial charge in [0, 0.05) is 12.6 Å². The van der Waals surface area contributed by atoms with E-state index in [2.05, 4.69) is 5.32 Å². The summed E-state index contributed by atoms with van der Waals surface area (Å²) < 4.78 is 0. The maximum Gasteiger partial charge on any atom is 1.00 e. The smallest absolute Gasteiger partial charge is 0.644 e. The van der Waals surface area contributed by atoms with Crippen molar-refractivity contribution >= 4 is 5.91 Å². The van der Waals surface area contributed by atoms with E-state index in [1.165, 1.54) is 6.08 Å². The Hall–Kier alpha value is 0.256. The topological polar surface area (TPSA) is 84.2 Å². The SMILES string of the molecule is C/C=C(\C#N)C(=O)N1CC[N-]C(N)C1C.[K+]. The van der Waals surface area contributed by atoms with Crippen LogP contribution in [0, 0.1) is 11.3 Å². The van der Waals surface area contributed by atoms with Gasteiger partial charge < -0.3 is 16.0 Å². The fourth-order valence-electron chi connectivity index (χ4n) is 1.53. The van der Waals surface area contributed by atoms with E-state index >= 15 is 0 Å². The average Bonchev–Trinajstić information content (AvgIpc) is 2.23. The molecular weight excluding hydrogens is 231 g/mol. The molecule has 0 aromatic rings. The van der Waals surface area contributed by atoms with Gasteiger partial charge in [-0.3, -0.25) is 4.79 Å². The summed E-state index contributed by atoms with van der Waals surface area (Å²) in [6.45, 7) is 4.59. The summed E-state index contributed by atoms with van der Waals surface area (Å²) in [5.41, 5.74) is 5.89. The van der Waals surface area contributed by atoms with E-state index in [9.17, 15) is 4.79 Å². The molecule has 1 amide bonds. The molecule has 2 atom stereocenters. The molecule has 1 heterocycles. The first-order valence-electron chi connectivity index (χ1n) is 4.91. The van der Waals surface area contributed by atoms with Gasteiger partial charge in [0.25, 0.3) is 5.91 Å². The van der Waals surface area contributed by atoms with Gasteiger partial charge in [0.1, 0.15) is 11.6 Å². The second kappa shape index (κ2) is 7.56. The number of rotatable bonds is 1. The Morgan fingerprint density at radius 2 is 2.31 bits per heavy atom. The molecule has 5 nitrogen and oxygen atoms in total. The first kappa shape index (κ1) is 16.3. The van der Waals surface area contributed by atoms with Gasteiger partial charge in [-0.05, 0) is 13.8 Å². The van der Waals surface area contributed by atoms with Crippen molar-refractivity contribution in [1.29, 1.82) is 5.26 Å². The van der Waals surface area contributed by atoms with Gasteiger partial charge in [0.15, 0.2) is 0 Å². The van der Waals surface area contributed by atoms with Crippen molar-refractivity contribution in [1.82, 2.24) is 4.90 Å². The van der Waals surface area contributed by atoms with Crippen molar-refractivity contribution < 1.29 is 56.2 Å². The van der Waals surface area contributed by atoms with Gasteiger partial charge in [0.2, 0.25) is 0 Å². The number of nitrogens with zero attached hydrogens (tertiary/aromatic N) is 3. The Balaban J connectivity index is 0.00000225. The first-order chi connectivity index (χ1) is 7.11. The number of allylic oxidation sites excluding steroid dienone is 1. The van der Waals surface area contributed by atoms with Crippen LogP contribution in [0.15, 0.2) is 11.6 Å². The zero-order chi connectivity index (χ0) is 11.4. The molecule has 1 saturated heterocycles. The van der Waals surface area contributed by atoms with Crippen LogP contribution in [0.3, 0.4) is 0 Å². The molecule has 82 valence electrons. The van der Waals surface area contributed by atoms with Crippen molar-refractivity contribution in [2.24, 2.45) is 5.73 Å². The molecular formula is C10H15KN4O. The molecule has 1 fully saturated rings. The molecule has 2 unspecified atom stereocenters. The number of piperazine rings is 1. The second-order valence-corrected chi connectivity index (χ2v) is 3.45. The van der Waals surface area contributed by atoms with E-state index in [0.29, 0.717) is 13.1 Å². The van der Waals surface area contributed by atoms with Crippen molar-refractivity contribution in [2.45, 2.75) is 26.1 Å². The Kier molecular flexibility index (Phi) is 7.68. The number of hydrogen-bond donors (Lipinski definition) is 1. The minimum absolute atomic E-state index is 0. The van der Waals surface area contributed by atoms with Gasteiger partial charge in [-0.25, -0.2) is 0 Å². The number of amides is 1. The third-order valence-electron chi connectivity index (χ3n) is 2.57. The summed E-state index contributed by atoms with van der Waals surface area (Å²) in [5.74, 6) is -0.252. The van der Waals surface area contributed by atoms with Crippen LogP contribution in [-0.2, 0) is 4.79 Å². The maximum atomic E-state index is 11.9. The van der Waals surface area contributed by atoms with Crippen LogP contribution in [0.4, 0.5) is 0 Å². The Morgan fingerprint density at radius 1 is 1.69 bits per heavy atom. The van der Waals surface area contributed by atoms with Crippen LogP contribution in [0.25, 0.3) is 5.32 Å². The Bertz CT molecular complexity index is 323. The van der Waals surface area contributed by atoms with E-state index in [4.69, 9.17) is 11.0 Å². The summed E-state index contributed by atoms with van der Waals surface area (Å²) in [6, 6.07) is 1.74. The largest absolute Gasteiger partial charge is 1.00 e. The predicted octanol–water partition coefficient (Wildman–Crippen LogP) is -2.65. The van der Waals surface area contributed by atoms with Crippen LogP contribution < -0.4 is 57.1 Å². The molecule has 16 heavy (non-hydrogen) atoms. The van der Waals surface area contributed by atoms with Crippen LogP contribution in [0.1, 0.15) is 13.8 Å². The minimum Gasteiger partial charge on any atom is -0.644 e. The van der Waals surface area contributed by atoms with Crippen LogP contribution in [0.5, 0.6) is 0 Å². The van der Waals surface area contributed by atoms with Gasteiger partial charge in [0.05, 0.1) is 0 Å². The molecule has 0 bridgehead atoms. The summed E-state index contributed by atoms with van der Waals surface area (Å²) in [4.78, 5) is 13.5. The molecule has 0 saturated carbocycles. The number of hydrogen-bond acceptors (Lipinski definition) is 3. The number of carbonyl (C=O) groups excluding carboxylic acids is 1. The second-order valence-electron chi connectivity index (χ2n) is 3.45. The monoisotopic (exact) mass is 246 g/mol. The molecule has 1 aliphatic rings. The number of carbonyl (C=O) groups is 1. The maximum absolute atomic E-state index is 11.9. The van der Waals surface area contributed by atoms with Crippen molar-refractivity contribution in [3.05, 3.63) is 17.0 Å². The third-order valence-corrected chi connectivity index (χ3v) is 2.57. The van der Waals surface area contributed by atoms with Crippen molar-refractivity contribution in [2.75, 3.05) is 13.1 Å². The quantitative estimate of drug-likeness (QED) is 0.311. The molecule has 1 rings (SSSR count). The molecule has 0 aromatic heterocycles. The summed E-state index contributed by atoms with van der Waals surface area (Å²) >= 11 is 0. The standard InChI is InChI=1S/C10H15N4O.K/c1-3-8(6-11)10(15)14-5-4-13-9(12)7(14)2;/h3,7,9H,4-5,12H2,1-2H3;/q-1;+1/b8-3+;. The minimum atomic E-state index is -0.348. The normalized spacial score (nSPS) is 25.6. The van der Waals surface area contributed by atoms with E-state index in [1.54, 1.807) is 11.8 Å². The van der Waals surface area contributed by atoms with Gasteiger partial charge >= 0.3 is 51.4 Å². The number of nitrogens with two attached hydrogens (primary N) is 1. The first-order valence-corrected chi connectivity index (χ1v) is 4.91. The molecule has 1 aliphatic heterocycles. The fourth-order valence-corrected chi connectivity index (χ4v) is 1.53. The van der Waals surface area contributed by atoms with Crippen molar-refractivity contribution in [3.63, 3.8) is 0 Å². The van der Waals surface area contributed by atoms with E-state index in [-0.39, 0.29) is 75.1 Å². The molecule has 0 radical (unpaired) electrons. The van der Waals surface area contributed by atoms with E-state index in [1.807, 2.05) is 13.0 Å². The van der Waals surface area contributed by atoms with Crippen LogP contribution in [0.2, 0.25) is 0 Å². The summed E-state index contributed by atoms with van der Waals surface area (Å²) in [6.07, 6.45) is 1.17. The Labute approximate surface area is 138 Å². The molecule has 0 aromatic carbocycles. The molecule has 0 spiro atoms. The number of nitriles is 1. The summed E-state index contributed by atoms with van der Waals surface area (Å²) in [5, 5.41) is 12.9. The predicted molar refractivity (Wildman–Crippen MR) is 56.7 cm³/mol. The zero-order valence-electron chi connectivity index (χ0n) is 9.97. The van der Waals surface area contributed by atoms with Crippen molar-refractivity contribution in [3.8, 4) is 6.07 Å². The van der Waals surface area contributed by atoms with Crippen LogP contribution in [-0.4, -0.2) is 36.1 Å². The van der Waals surface area contributed by atoms with Gasteiger partial charge in [-0.15, -0.1) is 6.54 Å². The molecule has 2 N–H and O–H groups in total. The molecule has 0 aliphatic carbocycles. The zero-order valence-corrected chi connectivity index (χ0v) is 13.1. The molecule has 6 heteroatoms. The average molecular weight is 246 g/mol. The fraction of sp³-hybridized carbons (Fsp3) is 0.600.